The number of anilines is 2. The third-order valence-electron chi connectivity index (χ3n) is 9.43. The predicted octanol–water partition coefficient (Wildman–Crippen LogP) is 11.4. The van der Waals surface area contributed by atoms with Gasteiger partial charge in [0.15, 0.2) is 5.13 Å². The molecule has 7 aromatic carbocycles. The van der Waals surface area contributed by atoms with Crippen LogP contribution in [0.3, 0.4) is 0 Å². The Bertz CT molecular complexity index is 2780. The Morgan fingerprint density at radius 2 is 1.38 bits per heavy atom. The van der Waals surface area contributed by atoms with Gasteiger partial charge in [0.25, 0.3) is 11.8 Å². The molecule has 1 heterocycles. The van der Waals surface area contributed by atoms with Gasteiger partial charge in [-0.25, -0.2) is 4.98 Å². The molecule has 8 aromatic rings. The molecule has 0 radical (unpaired) electrons. The number of carbonyl (C=O) groups excluding carboxylic acids is 3. The highest BCUT2D eigenvalue weighted by atomic mass is 32.2. The molecule has 3 amide bonds. The van der Waals surface area contributed by atoms with Crippen LogP contribution in [0.25, 0.3) is 28.1 Å². The number of amides is 3. The Hall–Kier alpha value is -7.27. The Kier molecular flexibility index (Phi) is 12.5. The Balaban J connectivity index is 0.986. The lowest BCUT2D eigenvalue weighted by atomic mass is 10.1. The van der Waals surface area contributed by atoms with Gasteiger partial charge in [-0.3, -0.25) is 14.4 Å². The SMILES string of the molecule is O=C(Nc1cccc(SC(C(=O)Nc2nc(-c3ccc4ccccc4c3)cs2)c2ccccc2)c1)/C(=C/c1ccc(OCc2ccccc2)cc1)NC(=O)c1ccccc1. The first kappa shape index (κ1) is 39.6. The largest absolute Gasteiger partial charge is 0.489 e. The number of hydrogen-bond donors (Lipinski definition) is 3. The number of benzene rings is 7. The first-order valence-corrected chi connectivity index (χ1v) is 20.9. The maximum Gasteiger partial charge on any atom is 0.272 e. The molecule has 0 spiro atoms. The van der Waals surface area contributed by atoms with Crippen molar-refractivity contribution in [1.82, 2.24) is 10.3 Å². The molecule has 0 saturated carbocycles. The van der Waals surface area contributed by atoms with Crippen LogP contribution in [-0.4, -0.2) is 22.7 Å². The van der Waals surface area contributed by atoms with E-state index in [9.17, 15) is 14.4 Å². The molecule has 0 saturated heterocycles. The van der Waals surface area contributed by atoms with Gasteiger partial charge in [-0.15, -0.1) is 23.1 Å². The molecule has 0 aliphatic carbocycles. The number of hydrogen-bond acceptors (Lipinski definition) is 7. The molecule has 0 aliphatic rings. The van der Waals surface area contributed by atoms with Crippen molar-refractivity contribution >= 4 is 68.5 Å². The van der Waals surface area contributed by atoms with Crippen molar-refractivity contribution < 1.29 is 19.1 Å². The van der Waals surface area contributed by atoms with Gasteiger partial charge in [-0.2, -0.15) is 0 Å². The van der Waals surface area contributed by atoms with E-state index >= 15 is 0 Å². The molecule has 1 unspecified atom stereocenters. The zero-order valence-corrected chi connectivity index (χ0v) is 33.8. The minimum atomic E-state index is -0.634. The molecule has 1 aromatic heterocycles. The summed E-state index contributed by atoms with van der Waals surface area (Å²) >= 11 is 2.73. The minimum Gasteiger partial charge on any atom is -0.489 e. The monoisotopic (exact) mass is 822 g/mol. The van der Waals surface area contributed by atoms with Gasteiger partial charge < -0.3 is 20.7 Å². The summed E-state index contributed by atoms with van der Waals surface area (Å²) in [4.78, 5) is 46.8. The van der Waals surface area contributed by atoms with Crippen LogP contribution in [0.2, 0.25) is 0 Å². The third kappa shape index (κ3) is 10.2. The van der Waals surface area contributed by atoms with E-state index in [4.69, 9.17) is 9.72 Å². The van der Waals surface area contributed by atoms with Crippen LogP contribution < -0.4 is 20.7 Å². The Morgan fingerprint density at radius 3 is 2.15 bits per heavy atom. The summed E-state index contributed by atoms with van der Waals surface area (Å²) in [7, 11) is 0. The van der Waals surface area contributed by atoms with Crippen LogP contribution in [-0.2, 0) is 16.2 Å². The highest BCUT2D eigenvalue weighted by Crippen LogP contribution is 2.38. The number of thiazole rings is 1. The van der Waals surface area contributed by atoms with Crippen molar-refractivity contribution in [3.05, 3.63) is 215 Å². The molecule has 1 atom stereocenters. The summed E-state index contributed by atoms with van der Waals surface area (Å²) in [5.41, 5.74) is 5.25. The zero-order chi connectivity index (χ0) is 41.1. The van der Waals surface area contributed by atoms with Crippen molar-refractivity contribution in [3.8, 4) is 17.0 Å². The molecule has 8 nitrogen and oxygen atoms in total. The average Bonchev–Trinajstić information content (AvgIpc) is 3.77. The fourth-order valence-corrected chi connectivity index (χ4v) is 8.18. The Labute approximate surface area is 356 Å². The van der Waals surface area contributed by atoms with E-state index in [1.807, 2.05) is 133 Å². The molecule has 0 bridgehead atoms. The van der Waals surface area contributed by atoms with Crippen LogP contribution in [0.1, 0.15) is 32.3 Å². The zero-order valence-electron chi connectivity index (χ0n) is 32.2. The second-order valence-electron chi connectivity index (χ2n) is 13.7. The summed E-state index contributed by atoms with van der Waals surface area (Å²) in [6.07, 6.45) is 1.62. The molecule has 294 valence electrons. The van der Waals surface area contributed by atoms with Crippen LogP contribution in [0.4, 0.5) is 10.8 Å². The van der Waals surface area contributed by atoms with Crippen LogP contribution >= 0.6 is 23.1 Å². The quantitative estimate of drug-likeness (QED) is 0.0744. The van der Waals surface area contributed by atoms with Crippen LogP contribution in [0.5, 0.6) is 5.75 Å². The molecule has 60 heavy (non-hydrogen) atoms. The summed E-state index contributed by atoms with van der Waals surface area (Å²) in [6, 6.07) is 57.1. The van der Waals surface area contributed by atoms with Crippen LogP contribution in [0.15, 0.2) is 198 Å². The van der Waals surface area contributed by atoms with Crippen molar-refractivity contribution in [2.75, 3.05) is 10.6 Å². The van der Waals surface area contributed by atoms with E-state index in [1.165, 1.54) is 23.1 Å². The predicted molar refractivity (Wildman–Crippen MR) is 243 cm³/mol. The topological polar surface area (TPSA) is 109 Å². The molecule has 0 fully saturated rings. The molecular formula is C50H38N4O4S2. The van der Waals surface area contributed by atoms with E-state index in [-0.39, 0.29) is 11.6 Å². The van der Waals surface area contributed by atoms with Crippen molar-refractivity contribution in [3.63, 3.8) is 0 Å². The smallest absolute Gasteiger partial charge is 0.272 e. The maximum absolute atomic E-state index is 14.0. The number of rotatable bonds is 14. The second kappa shape index (κ2) is 19.0. The Morgan fingerprint density at radius 1 is 0.683 bits per heavy atom. The van der Waals surface area contributed by atoms with Gasteiger partial charge in [-0.1, -0.05) is 133 Å². The molecular weight excluding hydrogens is 785 g/mol. The van der Waals surface area contributed by atoms with Crippen molar-refractivity contribution in [1.29, 1.82) is 0 Å². The number of nitrogens with zero attached hydrogens (tertiary/aromatic N) is 1. The number of fused-ring (bicyclic) bond motifs is 1. The summed E-state index contributed by atoms with van der Waals surface area (Å²) in [6.45, 7) is 0.421. The minimum absolute atomic E-state index is 0.0490. The lowest BCUT2D eigenvalue weighted by Crippen LogP contribution is -2.30. The third-order valence-corrected chi connectivity index (χ3v) is 11.4. The second-order valence-corrected chi connectivity index (χ2v) is 15.7. The van der Waals surface area contributed by atoms with Gasteiger partial charge in [-0.05, 0) is 82.1 Å². The highest BCUT2D eigenvalue weighted by molar-refractivity contribution is 8.00. The lowest BCUT2D eigenvalue weighted by molar-refractivity contribution is -0.116. The summed E-state index contributed by atoms with van der Waals surface area (Å²) in [5.74, 6) is -0.505. The number of thioether (sulfide) groups is 1. The highest BCUT2D eigenvalue weighted by Gasteiger charge is 2.24. The summed E-state index contributed by atoms with van der Waals surface area (Å²) < 4.78 is 5.94. The van der Waals surface area contributed by atoms with Crippen molar-refractivity contribution in [2.24, 2.45) is 0 Å². The molecule has 8 rings (SSSR count). The van der Waals surface area contributed by atoms with E-state index in [1.54, 1.807) is 36.4 Å². The maximum atomic E-state index is 14.0. The average molecular weight is 823 g/mol. The standard InChI is InChI=1S/C50H38N4O4S2/c55-47(38-18-8-3-9-19-38)52-44(29-34-23-27-42(28-24-34)58-32-35-13-4-1-5-14-35)48(56)51-41-21-12-22-43(31-41)60-46(37-16-6-2-7-17-37)49(57)54-50-53-45(33-59-50)40-26-25-36-15-10-11-20-39(36)30-40/h1-31,33,46H,32H2,(H,51,56)(H,52,55)(H,53,54,57)/b44-29-. The van der Waals surface area contributed by atoms with Gasteiger partial charge >= 0.3 is 0 Å². The van der Waals surface area contributed by atoms with E-state index in [2.05, 4.69) is 40.2 Å². The number of ether oxygens (including phenoxy) is 1. The van der Waals surface area contributed by atoms with E-state index in [0.29, 0.717) is 34.3 Å². The normalized spacial score (nSPS) is 11.7. The number of carbonyl (C=O) groups is 3. The first-order valence-electron chi connectivity index (χ1n) is 19.2. The van der Waals surface area contributed by atoms with Gasteiger partial charge in [0.1, 0.15) is 23.3 Å². The van der Waals surface area contributed by atoms with Gasteiger partial charge in [0, 0.05) is 27.1 Å². The molecule has 10 heteroatoms. The molecule has 3 N–H and O–H groups in total. The lowest BCUT2D eigenvalue weighted by Gasteiger charge is -2.17. The van der Waals surface area contributed by atoms with E-state index < -0.39 is 17.1 Å². The molecule has 0 aliphatic heterocycles. The number of aromatic nitrogens is 1. The summed E-state index contributed by atoms with van der Waals surface area (Å²) in [5, 5.41) is 12.9. The fraction of sp³-hybridized carbons (Fsp3) is 0.0400. The van der Waals surface area contributed by atoms with E-state index in [0.717, 1.165) is 38.1 Å². The van der Waals surface area contributed by atoms with Gasteiger partial charge in [0.2, 0.25) is 5.91 Å². The number of nitrogens with one attached hydrogen (secondary N) is 3. The fourth-order valence-electron chi connectivity index (χ4n) is 6.38. The van der Waals surface area contributed by atoms with Gasteiger partial charge in [0.05, 0.1) is 5.69 Å². The van der Waals surface area contributed by atoms with Crippen molar-refractivity contribution in [2.45, 2.75) is 16.8 Å². The first-order chi connectivity index (χ1) is 29.4. The van der Waals surface area contributed by atoms with Crippen LogP contribution in [0, 0.1) is 0 Å².